The second-order valence-corrected chi connectivity index (χ2v) is 9.71. The van der Waals surface area contributed by atoms with Crippen molar-refractivity contribution in [3.63, 3.8) is 0 Å². The van der Waals surface area contributed by atoms with Crippen molar-refractivity contribution in [2.45, 2.75) is 50.6 Å². The molecular formula is C25H29N5O3S. The second kappa shape index (κ2) is 9.89. The van der Waals surface area contributed by atoms with Gasteiger partial charge in [-0.2, -0.15) is 0 Å². The lowest BCUT2D eigenvalue weighted by Gasteiger charge is -2.18. The van der Waals surface area contributed by atoms with Gasteiger partial charge in [0.2, 0.25) is 11.8 Å². The maximum Gasteiger partial charge on any atom is 0.247 e. The van der Waals surface area contributed by atoms with Crippen LogP contribution in [0, 0.1) is 0 Å². The number of nitrogens with zero attached hydrogens (tertiary/aromatic N) is 5. The van der Waals surface area contributed by atoms with Crippen LogP contribution in [-0.2, 0) is 17.7 Å². The Morgan fingerprint density at radius 2 is 1.56 bits per heavy atom. The Morgan fingerprint density at radius 3 is 2.15 bits per heavy atom. The van der Waals surface area contributed by atoms with Crippen LogP contribution in [0.25, 0.3) is 22.8 Å². The van der Waals surface area contributed by atoms with Crippen LogP contribution in [0.1, 0.15) is 39.1 Å². The molecule has 0 saturated carbocycles. The molecule has 4 aromatic rings. The van der Waals surface area contributed by atoms with Crippen molar-refractivity contribution in [2.75, 3.05) is 14.2 Å². The fraction of sp³-hybridized carbons (Fsp3) is 0.360. The molecule has 0 aliphatic heterocycles. The van der Waals surface area contributed by atoms with Gasteiger partial charge >= 0.3 is 0 Å². The minimum atomic E-state index is 0.0965. The van der Waals surface area contributed by atoms with Crippen LogP contribution >= 0.6 is 11.8 Å². The van der Waals surface area contributed by atoms with E-state index < -0.39 is 0 Å². The van der Waals surface area contributed by atoms with Crippen LogP contribution in [0.2, 0.25) is 0 Å². The van der Waals surface area contributed by atoms with Gasteiger partial charge < -0.3 is 18.5 Å². The Bertz CT molecular complexity index is 1240. The van der Waals surface area contributed by atoms with Crippen LogP contribution in [0.5, 0.6) is 11.5 Å². The van der Waals surface area contributed by atoms with Gasteiger partial charge in [-0.3, -0.25) is 0 Å². The van der Waals surface area contributed by atoms with Gasteiger partial charge in [0.25, 0.3) is 0 Å². The quantitative estimate of drug-likeness (QED) is 0.301. The topological polar surface area (TPSA) is 88.1 Å². The Morgan fingerprint density at radius 1 is 0.882 bits per heavy atom. The fourth-order valence-corrected chi connectivity index (χ4v) is 4.34. The molecule has 8 nitrogen and oxygen atoms in total. The van der Waals surface area contributed by atoms with Crippen molar-refractivity contribution in [3.8, 4) is 34.3 Å². The zero-order valence-corrected chi connectivity index (χ0v) is 21.1. The highest BCUT2D eigenvalue weighted by atomic mass is 32.2. The predicted molar refractivity (Wildman–Crippen MR) is 132 cm³/mol. The minimum absolute atomic E-state index is 0.0965. The van der Waals surface area contributed by atoms with Gasteiger partial charge in [-0.25, -0.2) is 0 Å². The van der Waals surface area contributed by atoms with Crippen molar-refractivity contribution < 1.29 is 13.9 Å². The Kier molecular flexibility index (Phi) is 6.92. The molecule has 2 aromatic carbocycles. The summed E-state index contributed by atoms with van der Waals surface area (Å²) in [7, 11) is 3.25. The first kappa shape index (κ1) is 23.8. The zero-order chi connectivity index (χ0) is 24.3. The number of hydrogen-bond donors (Lipinski definition) is 0. The molecule has 2 heterocycles. The molecule has 0 aliphatic carbocycles. The summed E-state index contributed by atoms with van der Waals surface area (Å²) in [5.74, 6) is 3.68. The maximum atomic E-state index is 5.91. The van der Waals surface area contributed by atoms with E-state index in [1.165, 1.54) is 17.3 Å². The van der Waals surface area contributed by atoms with E-state index in [2.05, 4.69) is 60.2 Å². The number of methoxy groups -OCH3 is 2. The van der Waals surface area contributed by atoms with E-state index >= 15 is 0 Å². The monoisotopic (exact) mass is 479 g/mol. The van der Waals surface area contributed by atoms with E-state index in [1.807, 2.05) is 34.9 Å². The number of rotatable bonds is 8. The predicted octanol–water partition coefficient (Wildman–Crippen LogP) is 5.62. The van der Waals surface area contributed by atoms with Gasteiger partial charge in [0.1, 0.15) is 11.5 Å². The van der Waals surface area contributed by atoms with Gasteiger partial charge in [0.05, 0.1) is 20.0 Å². The minimum Gasteiger partial charge on any atom is -0.497 e. The molecular weight excluding hydrogens is 450 g/mol. The summed E-state index contributed by atoms with van der Waals surface area (Å²) < 4.78 is 18.7. The average Bonchev–Trinajstić information content (AvgIpc) is 3.48. The van der Waals surface area contributed by atoms with Gasteiger partial charge in [0.15, 0.2) is 11.0 Å². The SMILES string of the molecule is CCn1c(SCc2nnc(-c3ccc(C(C)(C)C)cc3)o2)nnc1-c1cc(OC)cc(OC)c1. The molecule has 0 saturated heterocycles. The van der Waals surface area contributed by atoms with Crippen molar-refractivity contribution in [1.82, 2.24) is 25.0 Å². The van der Waals surface area contributed by atoms with Crippen LogP contribution in [0.4, 0.5) is 0 Å². The number of thioether (sulfide) groups is 1. The normalized spacial score (nSPS) is 11.6. The summed E-state index contributed by atoms with van der Waals surface area (Å²) in [6.07, 6.45) is 0. The molecule has 34 heavy (non-hydrogen) atoms. The molecule has 0 spiro atoms. The van der Waals surface area contributed by atoms with Crippen molar-refractivity contribution in [1.29, 1.82) is 0 Å². The number of ether oxygens (including phenoxy) is 2. The second-order valence-electron chi connectivity index (χ2n) is 8.77. The zero-order valence-electron chi connectivity index (χ0n) is 20.3. The fourth-order valence-electron chi connectivity index (χ4n) is 3.50. The standard InChI is InChI=1S/C25H29N5O3S/c1-7-30-22(17-12-19(31-5)14-20(13-17)32-6)27-29-24(30)34-15-21-26-28-23(33-21)16-8-10-18(11-9-16)25(2,3)4/h8-14H,7,15H2,1-6H3. The smallest absolute Gasteiger partial charge is 0.247 e. The number of benzene rings is 2. The van der Waals surface area contributed by atoms with E-state index in [0.717, 1.165) is 22.1 Å². The largest absolute Gasteiger partial charge is 0.497 e. The van der Waals surface area contributed by atoms with Crippen LogP contribution < -0.4 is 9.47 Å². The third kappa shape index (κ3) is 5.09. The lowest BCUT2D eigenvalue weighted by atomic mass is 9.87. The molecule has 0 amide bonds. The third-order valence-electron chi connectivity index (χ3n) is 5.43. The molecule has 0 radical (unpaired) electrons. The molecule has 0 aliphatic rings. The lowest BCUT2D eigenvalue weighted by Crippen LogP contribution is -2.10. The summed E-state index contributed by atoms with van der Waals surface area (Å²) in [5, 5.41) is 18.0. The highest BCUT2D eigenvalue weighted by molar-refractivity contribution is 7.98. The highest BCUT2D eigenvalue weighted by Gasteiger charge is 2.18. The number of hydrogen-bond acceptors (Lipinski definition) is 8. The molecule has 4 rings (SSSR count). The molecule has 0 fully saturated rings. The summed E-state index contributed by atoms with van der Waals surface area (Å²) >= 11 is 1.51. The van der Waals surface area contributed by atoms with Crippen LogP contribution in [0.3, 0.4) is 0 Å². The Balaban J connectivity index is 1.50. The molecule has 0 N–H and O–H groups in total. The first-order chi connectivity index (χ1) is 16.3. The van der Waals surface area contributed by atoms with Crippen molar-refractivity contribution >= 4 is 11.8 Å². The summed E-state index contributed by atoms with van der Waals surface area (Å²) in [6, 6.07) is 13.9. The van der Waals surface area contributed by atoms with E-state index in [-0.39, 0.29) is 5.41 Å². The van der Waals surface area contributed by atoms with E-state index in [0.29, 0.717) is 35.6 Å². The van der Waals surface area contributed by atoms with Gasteiger partial charge in [-0.15, -0.1) is 20.4 Å². The molecule has 9 heteroatoms. The maximum absolute atomic E-state index is 5.91. The third-order valence-corrected chi connectivity index (χ3v) is 6.38. The molecule has 0 atom stereocenters. The first-order valence-electron chi connectivity index (χ1n) is 11.0. The van der Waals surface area contributed by atoms with E-state index in [4.69, 9.17) is 13.9 Å². The van der Waals surface area contributed by atoms with Gasteiger partial charge in [-0.05, 0) is 42.2 Å². The molecule has 2 aromatic heterocycles. The molecule has 178 valence electrons. The summed E-state index contributed by atoms with van der Waals surface area (Å²) in [4.78, 5) is 0. The van der Waals surface area contributed by atoms with Crippen molar-refractivity contribution in [2.24, 2.45) is 0 Å². The first-order valence-corrected chi connectivity index (χ1v) is 12.0. The highest BCUT2D eigenvalue weighted by Crippen LogP contribution is 2.32. The average molecular weight is 480 g/mol. The van der Waals surface area contributed by atoms with Crippen LogP contribution in [0.15, 0.2) is 52.0 Å². The van der Waals surface area contributed by atoms with Gasteiger partial charge in [-0.1, -0.05) is 44.7 Å². The molecule has 0 unspecified atom stereocenters. The Labute approximate surface area is 203 Å². The van der Waals surface area contributed by atoms with E-state index in [1.54, 1.807) is 14.2 Å². The summed E-state index contributed by atoms with van der Waals surface area (Å²) in [6.45, 7) is 9.33. The Hall–Kier alpha value is -3.33. The number of aromatic nitrogens is 5. The molecule has 0 bridgehead atoms. The van der Waals surface area contributed by atoms with Crippen LogP contribution in [-0.4, -0.2) is 39.2 Å². The lowest BCUT2D eigenvalue weighted by molar-refractivity contribution is 0.394. The summed E-state index contributed by atoms with van der Waals surface area (Å²) in [5.41, 5.74) is 3.13. The van der Waals surface area contributed by atoms with E-state index in [9.17, 15) is 0 Å². The van der Waals surface area contributed by atoms with Crippen molar-refractivity contribution in [3.05, 3.63) is 53.9 Å². The van der Waals surface area contributed by atoms with Gasteiger partial charge in [0, 0.05) is 23.7 Å².